The molecule has 1 aromatic carbocycles. The average molecular weight is 231 g/mol. The molecular weight excluding hydrogens is 210 g/mol. The summed E-state index contributed by atoms with van der Waals surface area (Å²) in [6, 6.07) is 8.58. The predicted molar refractivity (Wildman–Crippen MR) is 69.2 cm³/mol. The molecular formula is C15H21NO. The fourth-order valence-electron chi connectivity index (χ4n) is 3.26. The van der Waals surface area contributed by atoms with Crippen LogP contribution in [0.25, 0.3) is 0 Å². The van der Waals surface area contributed by atoms with Gasteiger partial charge in [0.1, 0.15) is 5.75 Å². The van der Waals surface area contributed by atoms with Crippen molar-refractivity contribution in [2.45, 2.75) is 38.1 Å². The van der Waals surface area contributed by atoms with Crippen LogP contribution in [0.5, 0.6) is 5.75 Å². The van der Waals surface area contributed by atoms with E-state index >= 15 is 0 Å². The van der Waals surface area contributed by atoms with Crippen LogP contribution in [0.1, 0.15) is 38.2 Å². The Bertz CT molecular complexity index is 392. The monoisotopic (exact) mass is 231 g/mol. The van der Waals surface area contributed by atoms with Crippen LogP contribution in [-0.4, -0.2) is 13.2 Å². The fourth-order valence-corrected chi connectivity index (χ4v) is 3.26. The molecule has 0 bridgehead atoms. The Balaban J connectivity index is 2.00. The summed E-state index contributed by atoms with van der Waals surface area (Å²) in [6.07, 6.45) is 5.29. The Morgan fingerprint density at radius 1 is 1.35 bits per heavy atom. The molecule has 2 aliphatic rings. The Hall–Kier alpha value is -1.02. The lowest BCUT2D eigenvalue weighted by molar-refractivity contribution is 0.292. The second-order valence-corrected chi connectivity index (χ2v) is 5.21. The first-order chi connectivity index (χ1) is 8.37. The SMILES string of the molecule is CCOc1ccccc1C1(C2CC2)CCCN1. The van der Waals surface area contributed by atoms with E-state index in [1.54, 1.807) is 0 Å². The van der Waals surface area contributed by atoms with Crippen molar-refractivity contribution >= 4 is 0 Å². The molecule has 92 valence electrons. The molecule has 1 atom stereocenters. The fraction of sp³-hybridized carbons (Fsp3) is 0.600. The maximum absolute atomic E-state index is 5.81. The van der Waals surface area contributed by atoms with Gasteiger partial charge in [-0.25, -0.2) is 0 Å². The second kappa shape index (κ2) is 4.34. The third-order valence-electron chi connectivity index (χ3n) is 4.13. The van der Waals surface area contributed by atoms with Crippen LogP contribution in [0.3, 0.4) is 0 Å². The van der Waals surface area contributed by atoms with E-state index in [0.29, 0.717) is 0 Å². The highest BCUT2D eigenvalue weighted by Crippen LogP contribution is 2.52. The number of nitrogens with one attached hydrogen (secondary N) is 1. The zero-order valence-electron chi connectivity index (χ0n) is 10.5. The van der Waals surface area contributed by atoms with Crippen molar-refractivity contribution in [1.82, 2.24) is 5.32 Å². The standard InChI is InChI=1S/C15H21NO/c1-2-17-14-7-4-3-6-13(14)15(12-8-9-12)10-5-11-16-15/h3-4,6-7,12,16H,2,5,8-11H2,1H3. The molecule has 2 heteroatoms. The smallest absolute Gasteiger partial charge is 0.124 e. The van der Waals surface area contributed by atoms with E-state index in [1.165, 1.54) is 31.2 Å². The number of hydrogen-bond donors (Lipinski definition) is 1. The Kier molecular flexibility index (Phi) is 2.83. The zero-order chi connectivity index (χ0) is 11.7. The van der Waals surface area contributed by atoms with E-state index in [-0.39, 0.29) is 5.54 Å². The molecule has 1 saturated heterocycles. The predicted octanol–water partition coefficient (Wildman–Crippen LogP) is 3.07. The van der Waals surface area contributed by atoms with Gasteiger partial charge >= 0.3 is 0 Å². The van der Waals surface area contributed by atoms with Gasteiger partial charge in [0.05, 0.1) is 12.1 Å². The van der Waals surface area contributed by atoms with Crippen molar-refractivity contribution < 1.29 is 4.74 Å². The van der Waals surface area contributed by atoms with Crippen LogP contribution in [0.2, 0.25) is 0 Å². The van der Waals surface area contributed by atoms with Gasteiger partial charge in [0, 0.05) is 5.56 Å². The van der Waals surface area contributed by atoms with E-state index in [9.17, 15) is 0 Å². The molecule has 1 saturated carbocycles. The highest BCUT2D eigenvalue weighted by atomic mass is 16.5. The first-order valence-corrected chi connectivity index (χ1v) is 6.84. The van der Waals surface area contributed by atoms with Crippen LogP contribution < -0.4 is 10.1 Å². The van der Waals surface area contributed by atoms with Crippen LogP contribution in [0.15, 0.2) is 24.3 Å². The van der Waals surface area contributed by atoms with E-state index in [4.69, 9.17) is 4.74 Å². The first-order valence-electron chi connectivity index (χ1n) is 6.84. The molecule has 1 unspecified atom stereocenters. The summed E-state index contributed by atoms with van der Waals surface area (Å²) in [6.45, 7) is 3.96. The lowest BCUT2D eigenvalue weighted by Gasteiger charge is -2.32. The summed E-state index contributed by atoms with van der Waals surface area (Å²) in [5.41, 5.74) is 1.60. The third kappa shape index (κ3) is 1.85. The molecule has 1 aromatic rings. The van der Waals surface area contributed by atoms with Gasteiger partial charge in [-0.15, -0.1) is 0 Å². The van der Waals surface area contributed by atoms with Gasteiger partial charge in [-0.3, -0.25) is 0 Å². The topological polar surface area (TPSA) is 21.3 Å². The van der Waals surface area contributed by atoms with Crippen molar-refractivity contribution in [2.24, 2.45) is 5.92 Å². The van der Waals surface area contributed by atoms with Crippen molar-refractivity contribution in [3.05, 3.63) is 29.8 Å². The summed E-state index contributed by atoms with van der Waals surface area (Å²) in [7, 11) is 0. The molecule has 2 nitrogen and oxygen atoms in total. The van der Waals surface area contributed by atoms with Crippen molar-refractivity contribution in [3.63, 3.8) is 0 Å². The minimum absolute atomic E-state index is 0.214. The van der Waals surface area contributed by atoms with Crippen LogP contribution in [0, 0.1) is 5.92 Å². The Morgan fingerprint density at radius 2 is 2.18 bits per heavy atom. The molecule has 1 aliphatic heterocycles. The maximum atomic E-state index is 5.81. The van der Waals surface area contributed by atoms with Crippen LogP contribution >= 0.6 is 0 Å². The molecule has 17 heavy (non-hydrogen) atoms. The van der Waals surface area contributed by atoms with Gasteiger partial charge < -0.3 is 10.1 Å². The van der Waals surface area contributed by atoms with Gasteiger partial charge in [-0.05, 0) is 51.1 Å². The van der Waals surface area contributed by atoms with Gasteiger partial charge in [-0.2, -0.15) is 0 Å². The molecule has 1 N–H and O–H groups in total. The van der Waals surface area contributed by atoms with E-state index in [0.717, 1.165) is 24.8 Å². The lowest BCUT2D eigenvalue weighted by atomic mass is 9.83. The first kappa shape index (κ1) is 11.1. The molecule has 0 aromatic heterocycles. The third-order valence-corrected chi connectivity index (χ3v) is 4.13. The Morgan fingerprint density at radius 3 is 2.82 bits per heavy atom. The van der Waals surface area contributed by atoms with E-state index in [2.05, 4.69) is 36.5 Å². The van der Waals surface area contributed by atoms with Crippen LogP contribution in [0.4, 0.5) is 0 Å². The van der Waals surface area contributed by atoms with Crippen molar-refractivity contribution in [2.75, 3.05) is 13.2 Å². The summed E-state index contributed by atoms with van der Waals surface area (Å²) in [5, 5.41) is 3.77. The largest absolute Gasteiger partial charge is 0.494 e. The highest BCUT2D eigenvalue weighted by Gasteiger charge is 2.49. The minimum atomic E-state index is 0.214. The van der Waals surface area contributed by atoms with Gasteiger partial charge in [0.15, 0.2) is 0 Å². The summed E-state index contributed by atoms with van der Waals surface area (Å²) < 4.78 is 5.81. The van der Waals surface area contributed by atoms with E-state index in [1.807, 2.05) is 0 Å². The van der Waals surface area contributed by atoms with Gasteiger partial charge in [0.2, 0.25) is 0 Å². The van der Waals surface area contributed by atoms with E-state index < -0.39 is 0 Å². The number of para-hydroxylation sites is 1. The molecule has 2 fully saturated rings. The molecule has 0 spiro atoms. The number of rotatable bonds is 4. The number of ether oxygens (including phenoxy) is 1. The lowest BCUT2D eigenvalue weighted by Crippen LogP contribution is -2.39. The molecule has 1 heterocycles. The molecule has 0 amide bonds. The highest BCUT2D eigenvalue weighted by molar-refractivity contribution is 5.41. The van der Waals surface area contributed by atoms with Gasteiger partial charge in [-0.1, -0.05) is 18.2 Å². The number of benzene rings is 1. The minimum Gasteiger partial charge on any atom is -0.494 e. The summed E-state index contributed by atoms with van der Waals surface area (Å²) in [4.78, 5) is 0. The maximum Gasteiger partial charge on any atom is 0.124 e. The van der Waals surface area contributed by atoms with Crippen molar-refractivity contribution in [1.29, 1.82) is 0 Å². The van der Waals surface area contributed by atoms with Crippen LogP contribution in [-0.2, 0) is 5.54 Å². The van der Waals surface area contributed by atoms with Gasteiger partial charge in [0.25, 0.3) is 0 Å². The number of hydrogen-bond acceptors (Lipinski definition) is 2. The molecule has 0 radical (unpaired) electrons. The summed E-state index contributed by atoms with van der Waals surface area (Å²) in [5.74, 6) is 1.91. The average Bonchev–Trinajstić information content (AvgIpc) is 3.10. The quantitative estimate of drug-likeness (QED) is 0.860. The Labute approximate surface area is 103 Å². The normalized spacial score (nSPS) is 28.3. The second-order valence-electron chi connectivity index (χ2n) is 5.21. The zero-order valence-corrected chi connectivity index (χ0v) is 10.5. The summed E-state index contributed by atoms with van der Waals surface area (Å²) >= 11 is 0. The molecule has 1 aliphatic carbocycles. The van der Waals surface area contributed by atoms with Crippen molar-refractivity contribution in [3.8, 4) is 5.75 Å². The molecule has 3 rings (SSSR count).